The molecule has 1 aliphatic heterocycles. The van der Waals surface area contributed by atoms with Crippen LogP contribution in [0, 0.1) is 5.92 Å². The molecule has 0 bridgehead atoms. The minimum absolute atomic E-state index is 0.275. The number of aromatic nitrogens is 2. The molecular weight excluding hydrogens is 254 g/mol. The van der Waals surface area contributed by atoms with Gasteiger partial charge in [0.15, 0.2) is 0 Å². The maximum atomic E-state index is 10.7. The molecule has 1 aliphatic rings. The lowest BCUT2D eigenvalue weighted by molar-refractivity contribution is -0.138. The number of nitrogens with zero attached hydrogens (tertiary/aromatic N) is 3. The van der Waals surface area contributed by atoms with Crippen LogP contribution in [0.5, 0.6) is 0 Å². The van der Waals surface area contributed by atoms with E-state index in [2.05, 4.69) is 14.9 Å². The smallest absolute Gasteiger partial charge is 0.303 e. The Morgan fingerprint density at radius 2 is 1.95 bits per heavy atom. The first kappa shape index (κ1) is 12.8. The van der Waals surface area contributed by atoms with E-state index in [0.29, 0.717) is 0 Å². The number of aliphatic carboxylic acids is 1. The Morgan fingerprint density at radius 1 is 1.25 bits per heavy atom. The van der Waals surface area contributed by atoms with Gasteiger partial charge in [-0.05, 0) is 30.9 Å². The number of benzene rings is 1. The summed E-state index contributed by atoms with van der Waals surface area (Å²) in [5.74, 6) is 0.476. The summed E-state index contributed by atoms with van der Waals surface area (Å²) in [6.07, 6.45) is 3.89. The fraction of sp³-hybridized carbons (Fsp3) is 0.400. The van der Waals surface area contributed by atoms with Crippen LogP contribution in [-0.4, -0.2) is 34.1 Å². The largest absolute Gasteiger partial charge is 0.481 e. The molecule has 0 saturated carbocycles. The predicted molar refractivity (Wildman–Crippen MR) is 76.7 cm³/mol. The monoisotopic (exact) mass is 271 g/mol. The fourth-order valence-electron chi connectivity index (χ4n) is 2.71. The Hall–Kier alpha value is -2.17. The molecule has 1 N–H and O–H groups in total. The Labute approximate surface area is 117 Å². The molecule has 5 heteroatoms. The number of fused-ring (bicyclic) bond motifs is 1. The third kappa shape index (κ3) is 2.71. The normalized spacial score (nSPS) is 16.5. The zero-order chi connectivity index (χ0) is 13.9. The van der Waals surface area contributed by atoms with Crippen LogP contribution in [0.3, 0.4) is 0 Å². The van der Waals surface area contributed by atoms with Gasteiger partial charge in [0.05, 0.1) is 17.2 Å². The lowest BCUT2D eigenvalue weighted by Gasteiger charge is -2.32. The van der Waals surface area contributed by atoms with E-state index in [0.717, 1.165) is 42.8 Å². The number of hydrogen-bond acceptors (Lipinski definition) is 4. The van der Waals surface area contributed by atoms with Crippen LogP contribution in [0.25, 0.3) is 11.0 Å². The van der Waals surface area contributed by atoms with Crippen molar-refractivity contribution in [1.82, 2.24) is 9.97 Å². The number of carboxylic acid groups (broad SMARTS) is 1. The van der Waals surface area contributed by atoms with E-state index in [1.165, 1.54) is 0 Å². The van der Waals surface area contributed by atoms with Crippen LogP contribution < -0.4 is 4.90 Å². The maximum Gasteiger partial charge on any atom is 0.303 e. The highest BCUT2D eigenvalue weighted by Gasteiger charge is 2.22. The Balaban J connectivity index is 1.71. The highest BCUT2D eigenvalue weighted by atomic mass is 16.4. The second-order valence-corrected chi connectivity index (χ2v) is 5.25. The summed E-state index contributed by atoms with van der Waals surface area (Å²) < 4.78 is 0. The van der Waals surface area contributed by atoms with Gasteiger partial charge in [0.1, 0.15) is 5.82 Å². The van der Waals surface area contributed by atoms with Crippen LogP contribution in [0.2, 0.25) is 0 Å². The number of anilines is 1. The lowest BCUT2D eigenvalue weighted by Crippen LogP contribution is -2.35. The van der Waals surface area contributed by atoms with E-state index in [4.69, 9.17) is 5.11 Å². The number of para-hydroxylation sites is 2. The van der Waals surface area contributed by atoms with Crippen LogP contribution >= 0.6 is 0 Å². The first-order valence-corrected chi connectivity index (χ1v) is 6.91. The highest BCUT2D eigenvalue weighted by molar-refractivity contribution is 5.75. The Kier molecular flexibility index (Phi) is 3.50. The topological polar surface area (TPSA) is 66.3 Å². The molecule has 2 heterocycles. The molecule has 1 aromatic carbocycles. The molecule has 0 unspecified atom stereocenters. The van der Waals surface area contributed by atoms with Crippen molar-refractivity contribution < 1.29 is 9.90 Å². The minimum atomic E-state index is -0.700. The summed E-state index contributed by atoms with van der Waals surface area (Å²) in [5.41, 5.74) is 1.80. The molecule has 1 saturated heterocycles. The predicted octanol–water partition coefficient (Wildman–Crippen LogP) is 2.32. The number of carboxylic acids is 1. The zero-order valence-electron chi connectivity index (χ0n) is 11.2. The molecule has 0 aliphatic carbocycles. The second kappa shape index (κ2) is 5.45. The third-order valence-corrected chi connectivity index (χ3v) is 3.84. The summed E-state index contributed by atoms with van der Waals surface area (Å²) in [4.78, 5) is 22.0. The molecule has 104 valence electrons. The highest BCUT2D eigenvalue weighted by Crippen LogP contribution is 2.24. The zero-order valence-corrected chi connectivity index (χ0v) is 11.2. The van der Waals surface area contributed by atoms with Crippen LogP contribution in [0.1, 0.15) is 19.3 Å². The number of hydrogen-bond donors (Lipinski definition) is 1. The van der Waals surface area contributed by atoms with Crippen molar-refractivity contribution in [2.24, 2.45) is 5.92 Å². The minimum Gasteiger partial charge on any atom is -0.481 e. The van der Waals surface area contributed by atoms with E-state index in [1.807, 2.05) is 24.3 Å². The van der Waals surface area contributed by atoms with Crippen molar-refractivity contribution in [2.45, 2.75) is 19.3 Å². The molecule has 1 aromatic heterocycles. The van der Waals surface area contributed by atoms with E-state index < -0.39 is 5.97 Å². The van der Waals surface area contributed by atoms with E-state index in [1.54, 1.807) is 6.20 Å². The van der Waals surface area contributed by atoms with Gasteiger partial charge >= 0.3 is 5.97 Å². The summed E-state index contributed by atoms with van der Waals surface area (Å²) in [6, 6.07) is 7.82. The van der Waals surface area contributed by atoms with Crippen LogP contribution in [-0.2, 0) is 4.79 Å². The van der Waals surface area contributed by atoms with Gasteiger partial charge in [-0.25, -0.2) is 4.98 Å². The molecule has 0 radical (unpaired) electrons. The van der Waals surface area contributed by atoms with Crippen molar-refractivity contribution in [3.8, 4) is 0 Å². The quantitative estimate of drug-likeness (QED) is 0.928. The molecule has 0 spiro atoms. The van der Waals surface area contributed by atoms with Crippen molar-refractivity contribution in [3.05, 3.63) is 30.5 Å². The van der Waals surface area contributed by atoms with Crippen molar-refractivity contribution in [1.29, 1.82) is 0 Å². The average Bonchev–Trinajstić information content (AvgIpc) is 2.47. The summed E-state index contributed by atoms with van der Waals surface area (Å²) >= 11 is 0. The van der Waals surface area contributed by atoms with E-state index in [-0.39, 0.29) is 12.3 Å². The van der Waals surface area contributed by atoms with Gasteiger partial charge in [0.25, 0.3) is 0 Å². The average molecular weight is 271 g/mol. The van der Waals surface area contributed by atoms with Gasteiger partial charge in [-0.3, -0.25) is 9.78 Å². The van der Waals surface area contributed by atoms with Gasteiger partial charge < -0.3 is 10.0 Å². The Bertz CT molecular complexity index is 621. The molecular formula is C15H17N3O2. The molecule has 2 aromatic rings. The van der Waals surface area contributed by atoms with Crippen molar-refractivity contribution in [2.75, 3.05) is 18.0 Å². The first-order valence-electron chi connectivity index (χ1n) is 6.91. The lowest BCUT2D eigenvalue weighted by atomic mass is 9.94. The molecule has 0 atom stereocenters. The van der Waals surface area contributed by atoms with Gasteiger partial charge in [-0.2, -0.15) is 0 Å². The van der Waals surface area contributed by atoms with Crippen molar-refractivity contribution >= 4 is 22.8 Å². The summed E-state index contributed by atoms with van der Waals surface area (Å²) in [5, 5.41) is 8.83. The standard InChI is InChI=1S/C15H17N3O2/c19-15(20)9-11-5-7-18(8-6-11)14-10-16-12-3-1-2-4-13(12)17-14/h1-4,10-11H,5-9H2,(H,19,20). The fourth-order valence-corrected chi connectivity index (χ4v) is 2.71. The van der Waals surface area contributed by atoms with Gasteiger partial charge in [-0.1, -0.05) is 12.1 Å². The van der Waals surface area contributed by atoms with Gasteiger partial charge in [0.2, 0.25) is 0 Å². The summed E-state index contributed by atoms with van der Waals surface area (Å²) in [7, 11) is 0. The van der Waals surface area contributed by atoms with Gasteiger partial charge in [-0.15, -0.1) is 0 Å². The summed E-state index contributed by atoms with van der Waals surface area (Å²) in [6.45, 7) is 1.70. The van der Waals surface area contributed by atoms with Crippen LogP contribution in [0.4, 0.5) is 5.82 Å². The SMILES string of the molecule is O=C(O)CC1CCN(c2cnc3ccccc3n2)CC1. The van der Waals surface area contributed by atoms with E-state index in [9.17, 15) is 4.79 Å². The van der Waals surface area contributed by atoms with Crippen molar-refractivity contribution in [3.63, 3.8) is 0 Å². The Morgan fingerprint density at radius 3 is 2.65 bits per heavy atom. The first-order chi connectivity index (χ1) is 9.72. The molecule has 0 amide bonds. The molecule has 20 heavy (non-hydrogen) atoms. The maximum absolute atomic E-state index is 10.7. The molecule has 5 nitrogen and oxygen atoms in total. The molecule has 1 fully saturated rings. The molecule has 3 rings (SSSR count). The van der Waals surface area contributed by atoms with Gasteiger partial charge in [0, 0.05) is 19.5 Å². The number of carbonyl (C=O) groups is 1. The van der Waals surface area contributed by atoms with E-state index >= 15 is 0 Å². The second-order valence-electron chi connectivity index (χ2n) is 5.25. The number of rotatable bonds is 3. The number of piperidine rings is 1. The van der Waals surface area contributed by atoms with Crippen LogP contribution in [0.15, 0.2) is 30.5 Å². The third-order valence-electron chi connectivity index (χ3n) is 3.84.